The molecule has 3 aromatic rings. The molecule has 8 heteroatoms. The van der Waals surface area contributed by atoms with Gasteiger partial charge < -0.3 is 19.4 Å². The summed E-state index contributed by atoms with van der Waals surface area (Å²) in [6.07, 6.45) is 2.46. The summed E-state index contributed by atoms with van der Waals surface area (Å²) in [6, 6.07) is 15.4. The van der Waals surface area contributed by atoms with E-state index >= 15 is 0 Å². The number of hydrogen-bond acceptors (Lipinski definition) is 7. The van der Waals surface area contributed by atoms with Crippen LogP contribution in [0.1, 0.15) is 19.8 Å². The van der Waals surface area contributed by atoms with Crippen molar-refractivity contribution in [1.82, 2.24) is 10.2 Å². The minimum atomic E-state index is -0.117. The Balaban J connectivity index is 1.27. The minimum Gasteiger partial charge on any atom is -0.497 e. The van der Waals surface area contributed by atoms with E-state index in [0.717, 1.165) is 36.0 Å². The van der Waals surface area contributed by atoms with Gasteiger partial charge in [0.2, 0.25) is 11.8 Å². The van der Waals surface area contributed by atoms with Gasteiger partial charge in [-0.1, -0.05) is 18.7 Å². The molecule has 2 heterocycles. The largest absolute Gasteiger partial charge is 0.497 e. The number of amides is 1. The van der Waals surface area contributed by atoms with Crippen LogP contribution < -0.4 is 15.0 Å². The zero-order valence-electron chi connectivity index (χ0n) is 17.7. The van der Waals surface area contributed by atoms with Gasteiger partial charge in [-0.15, -0.1) is 10.2 Å². The molecule has 0 bridgehead atoms. The molecule has 1 aliphatic heterocycles. The number of piperidine rings is 1. The summed E-state index contributed by atoms with van der Waals surface area (Å²) in [7, 11) is 1.62. The van der Waals surface area contributed by atoms with Crippen LogP contribution in [-0.4, -0.2) is 42.1 Å². The number of nitrogens with zero attached hydrogens (tertiary/aromatic N) is 3. The first-order valence-electron chi connectivity index (χ1n) is 10.4. The van der Waals surface area contributed by atoms with Crippen molar-refractivity contribution in [1.29, 1.82) is 0 Å². The van der Waals surface area contributed by atoms with Crippen LogP contribution >= 0.6 is 11.8 Å². The molecule has 1 aromatic heterocycles. The summed E-state index contributed by atoms with van der Waals surface area (Å²) in [6.45, 7) is 4.49. The van der Waals surface area contributed by atoms with Gasteiger partial charge in [0, 0.05) is 30.0 Å². The predicted molar refractivity (Wildman–Crippen MR) is 123 cm³/mol. The van der Waals surface area contributed by atoms with Gasteiger partial charge in [0.1, 0.15) is 5.75 Å². The predicted octanol–water partition coefficient (Wildman–Crippen LogP) is 4.71. The third kappa shape index (κ3) is 5.58. The summed E-state index contributed by atoms with van der Waals surface area (Å²) >= 11 is 1.21. The maximum atomic E-state index is 12.3. The Bertz CT molecular complexity index is 996. The second kappa shape index (κ2) is 9.87. The number of carbonyl (C=O) groups excluding carboxylic acids is 1. The topological polar surface area (TPSA) is 80.5 Å². The second-order valence-corrected chi connectivity index (χ2v) is 8.58. The lowest BCUT2D eigenvalue weighted by Crippen LogP contribution is -2.32. The van der Waals surface area contributed by atoms with Crippen molar-refractivity contribution >= 4 is 29.0 Å². The number of nitrogens with one attached hydrogen (secondary N) is 1. The molecular weight excluding hydrogens is 412 g/mol. The maximum absolute atomic E-state index is 12.3. The van der Waals surface area contributed by atoms with Crippen LogP contribution in [0.3, 0.4) is 0 Å². The summed E-state index contributed by atoms with van der Waals surface area (Å²) < 4.78 is 10.8. The third-order valence-electron chi connectivity index (χ3n) is 5.37. The number of ether oxygens (including phenoxy) is 1. The second-order valence-electron chi connectivity index (χ2n) is 7.65. The number of benzene rings is 2. The molecule has 1 fully saturated rings. The number of rotatable bonds is 7. The quantitative estimate of drug-likeness (QED) is 0.535. The summed E-state index contributed by atoms with van der Waals surface area (Å²) in [5.41, 5.74) is 2.79. The van der Waals surface area contributed by atoms with Gasteiger partial charge in [-0.05, 0) is 67.3 Å². The molecule has 7 nitrogen and oxygen atoms in total. The van der Waals surface area contributed by atoms with Crippen molar-refractivity contribution in [2.24, 2.45) is 5.92 Å². The molecule has 1 N–H and O–H groups in total. The van der Waals surface area contributed by atoms with E-state index in [1.807, 2.05) is 36.4 Å². The molecule has 162 valence electrons. The zero-order chi connectivity index (χ0) is 21.6. The molecule has 1 amide bonds. The minimum absolute atomic E-state index is 0.117. The van der Waals surface area contributed by atoms with Crippen LogP contribution in [0.15, 0.2) is 58.2 Å². The molecule has 0 aliphatic carbocycles. The van der Waals surface area contributed by atoms with Gasteiger partial charge in [0.25, 0.3) is 5.22 Å². The Morgan fingerprint density at radius 2 is 1.84 bits per heavy atom. The first kappa shape index (κ1) is 21.2. The standard InChI is InChI=1S/C23H26N4O3S/c1-16-11-13-27(14-12-16)19-7-5-18(6-8-19)24-21(28)15-31-23-26-25-22(30-23)17-3-9-20(29-2)10-4-17/h3-10,16H,11-15H2,1-2H3,(H,24,28). The van der Waals surface area contributed by atoms with Crippen molar-refractivity contribution in [3.8, 4) is 17.2 Å². The Hall–Kier alpha value is -3.00. The highest BCUT2D eigenvalue weighted by Crippen LogP contribution is 2.26. The lowest BCUT2D eigenvalue weighted by atomic mass is 9.99. The monoisotopic (exact) mass is 438 g/mol. The van der Waals surface area contributed by atoms with Gasteiger partial charge in [-0.25, -0.2) is 0 Å². The number of thioether (sulfide) groups is 1. The molecular formula is C23H26N4O3S. The normalized spacial score (nSPS) is 14.5. The summed E-state index contributed by atoms with van der Waals surface area (Å²) in [5, 5.41) is 11.3. The van der Waals surface area contributed by atoms with E-state index < -0.39 is 0 Å². The zero-order valence-corrected chi connectivity index (χ0v) is 18.5. The molecule has 0 saturated carbocycles. The average Bonchev–Trinajstić information content (AvgIpc) is 3.28. The smallest absolute Gasteiger partial charge is 0.277 e. The Morgan fingerprint density at radius 3 is 2.52 bits per heavy atom. The molecule has 31 heavy (non-hydrogen) atoms. The fourth-order valence-corrected chi connectivity index (χ4v) is 4.03. The van der Waals surface area contributed by atoms with E-state index in [-0.39, 0.29) is 11.7 Å². The van der Waals surface area contributed by atoms with Crippen LogP contribution in [0, 0.1) is 5.92 Å². The first-order valence-corrected chi connectivity index (χ1v) is 11.3. The molecule has 1 saturated heterocycles. The first-order chi connectivity index (χ1) is 15.1. The number of aromatic nitrogens is 2. The number of hydrogen-bond donors (Lipinski definition) is 1. The van der Waals surface area contributed by atoms with E-state index in [1.54, 1.807) is 7.11 Å². The van der Waals surface area contributed by atoms with Crippen molar-refractivity contribution < 1.29 is 13.9 Å². The Labute approximate surface area is 186 Å². The number of carbonyl (C=O) groups is 1. The number of methoxy groups -OCH3 is 1. The van der Waals surface area contributed by atoms with E-state index in [0.29, 0.717) is 11.1 Å². The van der Waals surface area contributed by atoms with E-state index in [4.69, 9.17) is 9.15 Å². The lowest BCUT2D eigenvalue weighted by Gasteiger charge is -2.32. The fraction of sp³-hybridized carbons (Fsp3) is 0.348. The Morgan fingerprint density at radius 1 is 1.13 bits per heavy atom. The third-order valence-corrected chi connectivity index (χ3v) is 6.19. The lowest BCUT2D eigenvalue weighted by molar-refractivity contribution is -0.113. The van der Waals surface area contributed by atoms with E-state index in [1.165, 1.54) is 30.3 Å². The van der Waals surface area contributed by atoms with Crippen LogP contribution in [0.5, 0.6) is 5.75 Å². The van der Waals surface area contributed by atoms with Gasteiger partial charge in [0.15, 0.2) is 0 Å². The van der Waals surface area contributed by atoms with Gasteiger partial charge >= 0.3 is 0 Å². The highest BCUT2D eigenvalue weighted by molar-refractivity contribution is 7.99. The van der Waals surface area contributed by atoms with Crippen LogP contribution in [-0.2, 0) is 4.79 Å². The van der Waals surface area contributed by atoms with Crippen molar-refractivity contribution in [2.45, 2.75) is 25.0 Å². The van der Waals surface area contributed by atoms with Crippen molar-refractivity contribution in [2.75, 3.05) is 36.2 Å². The van der Waals surface area contributed by atoms with Crippen molar-refractivity contribution in [3.63, 3.8) is 0 Å². The molecule has 0 radical (unpaired) electrons. The summed E-state index contributed by atoms with van der Waals surface area (Å²) in [4.78, 5) is 14.7. The van der Waals surface area contributed by atoms with Gasteiger partial charge in [-0.3, -0.25) is 4.79 Å². The fourth-order valence-electron chi connectivity index (χ4n) is 3.47. The highest BCUT2D eigenvalue weighted by atomic mass is 32.2. The molecule has 0 atom stereocenters. The van der Waals surface area contributed by atoms with Crippen molar-refractivity contribution in [3.05, 3.63) is 48.5 Å². The summed E-state index contributed by atoms with van der Waals surface area (Å²) in [5.74, 6) is 2.05. The average molecular weight is 439 g/mol. The maximum Gasteiger partial charge on any atom is 0.277 e. The molecule has 0 unspecified atom stereocenters. The van der Waals surface area contributed by atoms with Crippen LogP contribution in [0.25, 0.3) is 11.5 Å². The highest BCUT2D eigenvalue weighted by Gasteiger charge is 2.16. The van der Waals surface area contributed by atoms with E-state index in [2.05, 4.69) is 39.5 Å². The Kier molecular flexibility index (Phi) is 6.76. The molecule has 0 spiro atoms. The SMILES string of the molecule is COc1ccc(-c2nnc(SCC(=O)Nc3ccc(N4CCC(C)CC4)cc3)o2)cc1. The van der Waals surface area contributed by atoms with Crippen LogP contribution in [0.2, 0.25) is 0 Å². The molecule has 2 aromatic carbocycles. The number of anilines is 2. The van der Waals surface area contributed by atoms with Gasteiger partial charge in [-0.2, -0.15) is 0 Å². The van der Waals surface area contributed by atoms with Gasteiger partial charge in [0.05, 0.1) is 12.9 Å². The molecule has 4 rings (SSSR count). The van der Waals surface area contributed by atoms with Crippen LogP contribution in [0.4, 0.5) is 11.4 Å². The van der Waals surface area contributed by atoms with E-state index in [9.17, 15) is 4.79 Å². The molecule has 1 aliphatic rings.